The summed E-state index contributed by atoms with van der Waals surface area (Å²) in [7, 11) is 1.64. The number of benzene rings is 1. The van der Waals surface area contributed by atoms with E-state index in [0.29, 0.717) is 12.8 Å². The molecule has 1 rings (SSSR count). The van der Waals surface area contributed by atoms with E-state index in [4.69, 9.17) is 9.84 Å². The fraction of sp³-hybridized carbons (Fsp3) is 0.562. The molecule has 2 unspecified atom stereocenters. The van der Waals surface area contributed by atoms with Gasteiger partial charge in [0.25, 0.3) is 0 Å². The van der Waals surface area contributed by atoms with Gasteiger partial charge in [0.1, 0.15) is 5.75 Å². The number of methoxy groups -OCH3 is 1. The minimum absolute atomic E-state index is 0.0427. The summed E-state index contributed by atoms with van der Waals surface area (Å²) >= 11 is 0. The molecule has 4 nitrogen and oxygen atoms in total. The Morgan fingerprint density at radius 1 is 1.35 bits per heavy atom. The van der Waals surface area contributed by atoms with Gasteiger partial charge in [-0.05, 0) is 37.0 Å². The maximum atomic E-state index is 12.1. The lowest BCUT2D eigenvalue weighted by Gasteiger charge is -2.19. The van der Waals surface area contributed by atoms with Crippen molar-refractivity contribution < 1.29 is 14.6 Å². The first-order valence-electron chi connectivity index (χ1n) is 7.14. The number of hydrogen-bond donors (Lipinski definition) is 2. The van der Waals surface area contributed by atoms with Crippen LogP contribution in [0.2, 0.25) is 0 Å². The van der Waals surface area contributed by atoms with Gasteiger partial charge in [-0.1, -0.05) is 26.0 Å². The van der Waals surface area contributed by atoms with Crippen molar-refractivity contribution in [2.75, 3.05) is 13.7 Å². The lowest BCUT2D eigenvalue weighted by molar-refractivity contribution is -0.125. The zero-order valence-corrected chi connectivity index (χ0v) is 12.6. The van der Waals surface area contributed by atoms with Crippen LogP contribution in [0.5, 0.6) is 5.75 Å². The van der Waals surface area contributed by atoms with Crippen molar-refractivity contribution in [3.63, 3.8) is 0 Å². The number of nitrogens with one attached hydrogen (secondary N) is 1. The predicted molar refractivity (Wildman–Crippen MR) is 79.8 cm³/mol. The van der Waals surface area contributed by atoms with Gasteiger partial charge in [-0.15, -0.1) is 0 Å². The number of hydrogen-bond acceptors (Lipinski definition) is 3. The second kappa shape index (κ2) is 8.59. The fourth-order valence-corrected chi connectivity index (χ4v) is 2.09. The van der Waals surface area contributed by atoms with Crippen LogP contribution in [0, 0.1) is 5.92 Å². The first-order valence-corrected chi connectivity index (χ1v) is 7.14. The Hall–Kier alpha value is -1.55. The highest BCUT2D eigenvalue weighted by molar-refractivity contribution is 5.78. The first kappa shape index (κ1) is 16.5. The van der Waals surface area contributed by atoms with E-state index >= 15 is 0 Å². The van der Waals surface area contributed by atoms with Crippen LogP contribution in [0.1, 0.15) is 32.3 Å². The molecule has 1 aromatic rings. The lowest BCUT2D eigenvalue weighted by Crippen LogP contribution is -2.38. The maximum absolute atomic E-state index is 12.1. The van der Waals surface area contributed by atoms with E-state index in [2.05, 4.69) is 5.32 Å². The van der Waals surface area contributed by atoms with E-state index in [0.717, 1.165) is 17.7 Å². The summed E-state index contributed by atoms with van der Waals surface area (Å²) in [6.45, 7) is 4.03. The zero-order chi connectivity index (χ0) is 15.0. The molecule has 1 aromatic carbocycles. The minimum atomic E-state index is -0.0869. The zero-order valence-electron chi connectivity index (χ0n) is 12.6. The molecule has 0 saturated heterocycles. The Labute approximate surface area is 121 Å². The third-order valence-electron chi connectivity index (χ3n) is 3.47. The van der Waals surface area contributed by atoms with Crippen molar-refractivity contribution in [1.29, 1.82) is 0 Å². The van der Waals surface area contributed by atoms with Gasteiger partial charge in [-0.3, -0.25) is 4.79 Å². The van der Waals surface area contributed by atoms with Gasteiger partial charge in [-0.25, -0.2) is 0 Å². The summed E-state index contributed by atoms with van der Waals surface area (Å²) in [5, 5.41) is 11.9. The maximum Gasteiger partial charge on any atom is 0.223 e. The molecule has 0 radical (unpaired) electrons. The molecule has 0 fully saturated rings. The van der Waals surface area contributed by atoms with Gasteiger partial charge in [-0.2, -0.15) is 0 Å². The number of carbonyl (C=O) groups is 1. The van der Waals surface area contributed by atoms with E-state index in [9.17, 15) is 4.79 Å². The average molecular weight is 279 g/mol. The summed E-state index contributed by atoms with van der Waals surface area (Å²) in [5.41, 5.74) is 1.11. The van der Waals surface area contributed by atoms with Gasteiger partial charge >= 0.3 is 0 Å². The smallest absolute Gasteiger partial charge is 0.223 e. The number of rotatable bonds is 8. The normalized spacial score (nSPS) is 13.6. The van der Waals surface area contributed by atoms with Crippen LogP contribution in [0.25, 0.3) is 0 Å². The number of amides is 1. The van der Waals surface area contributed by atoms with Crippen molar-refractivity contribution in [2.24, 2.45) is 5.92 Å². The molecule has 20 heavy (non-hydrogen) atoms. The molecule has 112 valence electrons. The van der Waals surface area contributed by atoms with Crippen molar-refractivity contribution in [2.45, 2.75) is 39.2 Å². The molecule has 0 aliphatic carbocycles. The highest BCUT2D eigenvalue weighted by Crippen LogP contribution is 2.15. The second-order valence-corrected chi connectivity index (χ2v) is 5.08. The third-order valence-corrected chi connectivity index (χ3v) is 3.47. The van der Waals surface area contributed by atoms with Gasteiger partial charge in [0.2, 0.25) is 5.91 Å². The standard InChI is InChI=1S/C16H25NO3/c1-4-14(9-10-18)17-16(19)12(2)11-13-5-7-15(20-3)8-6-13/h5-8,12,14,18H,4,9-11H2,1-3H3,(H,17,19). The van der Waals surface area contributed by atoms with Crippen LogP contribution in [-0.2, 0) is 11.2 Å². The highest BCUT2D eigenvalue weighted by atomic mass is 16.5. The Morgan fingerprint density at radius 2 is 2.00 bits per heavy atom. The van der Waals surface area contributed by atoms with E-state index in [1.165, 1.54) is 0 Å². The fourth-order valence-electron chi connectivity index (χ4n) is 2.09. The summed E-state index contributed by atoms with van der Waals surface area (Å²) in [6, 6.07) is 7.83. The van der Waals surface area contributed by atoms with Gasteiger partial charge in [0, 0.05) is 18.6 Å². The van der Waals surface area contributed by atoms with Crippen LogP contribution in [-0.4, -0.2) is 30.8 Å². The second-order valence-electron chi connectivity index (χ2n) is 5.08. The summed E-state index contributed by atoms with van der Waals surface area (Å²) < 4.78 is 5.11. The Balaban J connectivity index is 2.51. The molecule has 0 aliphatic rings. The van der Waals surface area contributed by atoms with Gasteiger partial charge in [0.15, 0.2) is 0 Å². The van der Waals surface area contributed by atoms with Crippen LogP contribution in [0.15, 0.2) is 24.3 Å². The molecule has 1 amide bonds. The molecular formula is C16H25NO3. The Morgan fingerprint density at radius 3 is 2.50 bits per heavy atom. The van der Waals surface area contributed by atoms with E-state index in [-0.39, 0.29) is 24.5 Å². The summed E-state index contributed by atoms with van der Waals surface area (Å²) in [6.07, 6.45) is 2.14. The first-order chi connectivity index (χ1) is 9.60. The molecule has 2 N–H and O–H groups in total. The molecule has 0 aliphatic heterocycles. The lowest BCUT2D eigenvalue weighted by atomic mass is 9.99. The predicted octanol–water partition coefficient (Wildman–Crippen LogP) is 2.15. The molecular weight excluding hydrogens is 254 g/mol. The molecule has 4 heteroatoms. The Kier molecular flexibility index (Phi) is 7.09. The number of ether oxygens (including phenoxy) is 1. The highest BCUT2D eigenvalue weighted by Gasteiger charge is 2.16. The topological polar surface area (TPSA) is 58.6 Å². The van der Waals surface area contributed by atoms with Gasteiger partial charge < -0.3 is 15.2 Å². The summed E-state index contributed by atoms with van der Waals surface area (Å²) in [4.78, 5) is 12.1. The molecule has 0 heterocycles. The number of aliphatic hydroxyl groups excluding tert-OH is 1. The largest absolute Gasteiger partial charge is 0.497 e. The number of carbonyl (C=O) groups excluding carboxylic acids is 1. The monoisotopic (exact) mass is 279 g/mol. The van der Waals surface area contributed by atoms with Crippen LogP contribution in [0.4, 0.5) is 0 Å². The molecule has 0 saturated carbocycles. The van der Waals surface area contributed by atoms with Crippen molar-refractivity contribution >= 4 is 5.91 Å². The quantitative estimate of drug-likeness (QED) is 0.766. The van der Waals surface area contributed by atoms with E-state index in [1.54, 1.807) is 7.11 Å². The third kappa shape index (κ3) is 5.21. The number of aliphatic hydroxyl groups is 1. The van der Waals surface area contributed by atoms with Crippen LogP contribution >= 0.6 is 0 Å². The van der Waals surface area contributed by atoms with E-state index in [1.807, 2.05) is 38.1 Å². The minimum Gasteiger partial charge on any atom is -0.497 e. The molecule has 0 aromatic heterocycles. The SMILES string of the molecule is CCC(CCO)NC(=O)C(C)Cc1ccc(OC)cc1. The van der Waals surface area contributed by atoms with Gasteiger partial charge in [0.05, 0.1) is 7.11 Å². The average Bonchev–Trinajstić information content (AvgIpc) is 2.47. The molecule has 0 bridgehead atoms. The van der Waals surface area contributed by atoms with Crippen molar-refractivity contribution in [3.8, 4) is 5.75 Å². The van der Waals surface area contributed by atoms with E-state index < -0.39 is 0 Å². The Bertz CT molecular complexity index is 403. The van der Waals surface area contributed by atoms with Crippen molar-refractivity contribution in [1.82, 2.24) is 5.32 Å². The summed E-state index contributed by atoms with van der Waals surface area (Å²) in [5.74, 6) is 0.775. The van der Waals surface area contributed by atoms with Crippen LogP contribution < -0.4 is 10.1 Å². The molecule has 0 spiro atoms. The van der Waals surface area contributed by atoms with Crippen LogP contribution in [0.3, 0.4) is 0 Å². The van der Waals surface area contributed by atoms with Crippen molar-refractivity contribution in [3.05, 3.63) is 29.8 Å². The molecule has 2 atom stereocenters.